The van der Waals surface area contributed by atoms with E-state index in [1.54, 1.807) is 36.5 Å². The van der Waals surface area contributed by atoms with Crippen LogP contribution in [0.25, 0.3) is 11.3 Å². The fourth-order valence-electron chi connectivity index (χ4n) is 4.67. The SMILES string of the molecule is CC(C)(C)OC(=O)N1CCC[C@H](n2nc(-c3cnn(Cc4cc(Cl)cc(C(F)(F)F)c4)c3)c(C(N)=O)c2N)CC1. The number of nitrogens with zero attached hydrogens (tertiary/aromatic N) is 5. The molecular formula is C26H31ClF3N7O3. The fourth-order valence-corrected chi connectivity index (χ4v) is 4.93. The minimum atomic E-state index is -4.54. The van der Waals surface area contributed by atoms with Crippen LogP contribution in [0.4, 0.5) is 23.8 Å². The molecule has 10 nitrogen and oxygen atoms in total. The monoisotopic (exact) mass is 581 g/mol. The van der Waals surface area contributed by atoms with Crippen LogP contribution in [0.1, 0.15) is 67.6 Å². The number of aromatic nitrogens is 4. The van der Waals surface area contributed by atoms with E-state index < -0.39 is 29.3 Å². The molecule has 1 aromatic carbocycles. The zero-order chi connectivity index (χ0) is 29.4. The number of likely N-dealkylation sites (tertiary alicyclic amines) is 1. The topological polar surface area (TPSA) is 134 Å². The van der Waals surface area contributed by atoms with Crippen molar-refractivity contribution in [2.45, 2.75) is 64.4 Å². The van der Waals surface area contributed by atoms with Crippen LogP contribution in [-0.4, -0.2) is 55.2 Å². The molecule has 1 aliphatic heterocycles. The molecule has 4 rings (SSSR count). The Balaban J connectivity index is 1.57. The van der Waals surface area contributed by atoms with Crippen molar-refractivity contribution in [3.05, 3.63) is 52.3 Å². The van der Waals surface area contributed by atoms with Crippen molar-refractivity contribution in [2.75, 3.05) is 18.8 Å². The average molecular weight is 582 g/mol. The molecule has 1 atom stereocenters. The Morgan fingerprint density at radius 2 is 1.88 bits per heavy atom. The van der Waals surface area contributed by atoms with Gasteiger partial charge in [0, 0.05) is 29.9 Å². The highest BCUT2D eigenvalue weighted by atomic mass is 35.5. The second-order valence-corrected chi connectivity index (χ2v) is 11.2. The summed E-state index contributed by atoms with van der Waals surface area (Å²) in [4.78, 5) is 26.6. The van der Waals surface area contributed by atoms with Gasteiger partial charge < -0.3 is 21.1 Å². The number of alkyl halides is 3. The molecule has 1 fully saturated rings. The summed E-state index contributed by atoms with van der Waals surface area (Å²) in [5.41, 5.74) is 11.5. The number of nitrogen functional groups attached to an aromatic ring is 1. The summed E-state index contributed by atoms with van der Waals surface area (Å²) in [6.45, 7) is 6.33. The Hall–Kier alpha value is -3.74. The summed E-state index contributed by atoms with van der Waals surface area (Å²) < 4.78 is 48.1. The zero-order valence-corrected chi connectivity index (χ0v) is 23.1. The van der Waals surface area contributed by atoms with E-state index in [0.717, 1.165) is 12.1 Å². The van der Waals surface area contributed by atoms with Crippen LogP contribution in [0.2, 0.25) is 5.02 Å². The summed E-state index contributed by atoms with van der Waals surface area (Å²) in [7, 11) is 0. The van der Waals surface area contributed by atoms with Crippen molar-refractivity contribution in [3.8, 4) is 11.3 Å². The number of hydrogen-bond acceptors (Lipinski definition) is 6. The van der Waals surface area contributed by atoms with E-state index in [2.05, 4.69) is 10.2 Å². The van der Waals surface area contributed by atoms with Gasteiger partial charge in [0.15, 0.2) is 0 Å². The largest absolute Gasteiger partial charge is 0.444 e. The quantitative estimate of drug-likeness (QED) is 0.430. The number of anilines is 1. The smallest absolute Gasteiger partial charge is 0.416 e. The number of hydrogen-bond donors (Lipinski definition) is 2. The number of rotatable bonds is 5. The van der Waals surface area contributed by atoms with Crippen LogP contribution in [0.5, 0.6) is 0 Å². The average Bonchev–Trinajstić information content (AvgIpc) is 3.32. The molecule has 2 aromatic heterocycles. The second kappa shape index (κ2) is 11.0. The molecule has 40 heavy (non-hydrogen) atoms. The first-order chi connectivity index (χ1) is 18.6. The Morgan fingerprint density at radius 1 is 1.15 bits per heavy atom. The predicted molar refractivity (Wildman–Crippen MR) is 143 cm³/mol. The van der Waals surface area contributed by atoms with Crippen LogP contribution < -0.4 is 11.5 Å². The van der Waals surface area contributed by atoms with Gasteiger partial charge in [-0.05, 0) is 63.8 Å². The lowest BCUT2D eigenvalue weighted by Crippen LogP contribution is -2.37. The molecule has 216 valence electrons. The minimum absolute atomic E-state index is 0.00510. The van der Waals surface area contributed by atoms with E-state index in [0.29, 0.717) is 43.5 Å². The van der Waals surface area contributed by atoms with Crippen LogP contribution in [0, 0.1) is 0 Å². The summed E-state index contributed by atoms with van der Waals surface area (Å²) in [6.07, 6.45) is -0.111. The molecule has 14 heteroatoms. The van der Waals surface area contributed by atoms with Gasteiger partial charge in [0.25, 0.3) is 5.91 Å². The third-order valence-electron chi connectivity index (χ3n) is 6.43. The molecule has 0 unspecified atom stereocenters. The van der Waals surface area contributed by atoms with Gasteiger partial charge in [-0.2, -0.15) is 23.4 Å². The highest BCUT2D eigenvalue weighted by molar-refractivity contribution is 6.30. The highest BCUT2D eigenvalue weighted by Gasteiger charge is 2.32. The summed E-state index contributed by atoms with van der Waals surface area (Å²) in [6, 6.07) is 3.07. The number of amides is 2. The number of benzene rings is 1. The van der Waals surface area contributed by atoms with Gasteiger partial charge in [0.1, 0.15) is 22.7 Å². The lowest BCUT2D eigenvalue weighted by Gasteiger charge is -2.26. The van der Waals surface area contributed by atoms with Crippen molar-refractivity contribution in [1.82, 2.24) is 24.5 Å². The molecule has 2 amide bonds. The van der Waals surface area contributed by atoms with Crippen molar-refractivity contribution in [2.24, 2.45) is 5.73 Å². The molecular weight excluding hydrogens is 551 g/mol. The fraction of sp³-hybridized carbons (Fsp3) is 0.462. The molecule has 1 aliphatic rings. The van der Waals surface area contributed by atoms with E-state index in [1.165, 1.54) is 16.9 Å². The van der Waals surface area contributed by atoms with E-state index in [4.69, 9.17) is 27.8 Å². The number of primary amides is 1. The number of halogens is 4. The highest BCUT2D eigenvalue weighted by Crippen LogP contribution is 2.34. The Labute approximate surface area is 234 Å². The van der Waals surface area contributed by atoms with Gasteiger partial charge in [-0.25, -0.2) is 9.48 Å². The summed E-state index contributed by atoms with van der Waals surface area (Å²) >= 11 is 5.90. The first-order valence-corrected chi connectivity index (χ1v) is 13.1. The minimum Gasteiger partial charge on any atom is -0.444 e. The molecule has 0 bridgehead atoms. The molecule has 3 aromatic rings. The Morgan fingerprint density at radius 3 is 2.52 bits per heavy atom. The number of carbonyl (C=O) groups excluding carboxylic acids is 2. The normalized spacial score (nSPS) is 16.6. The maximum atomic E-state index is 13.2. The van der Waals surface area contributed by atoms with Crippen LogP contribution in [-0.2, 0) is 17.5 Å². The van der Waals surface area contributed by atoms with Gasteiger partial charge in [0.05, 0.1) is 24.3 Å². The zero-order valence-electron chi connectivity index (χ0n) is 22.3. The molecule has 0 spiro atoms. The lowest BCUT2D eigenvalue weighted by atomic mass is 10.1. The first-order valence-electron chi connectivity index (χ1n) is 12.7. The maximum absolute atomic E-state index is 13.2. The lowest BCUT2D eigenvalue weighted by molar-refractivity contribution is -0.137. The molecule has 4 N–H and O–H groups in total. The van der Waals surface area contributed by atoms with E-state index in [9.17, 15) is 22.8 Å². The van der Waals surface area contributed by atoms with Gasteiger partial charge in [-0.1, -0.05) is 11.6 Å². The van der Waals surface area contributed by atoms with E-state index >= 15 is 0 Å². The second-order valence-electron chi connectivity index (χ2n) is 10.7. The molecule has 3 heterocycles. The number of nitrogens with two attached hydrogens (primary N) is 2. The Kier molecular flexibility index (Phi) is 8.06. The summed E-state index contributed by atoms with van der Waals surface area (Å²) in [5.74, 6) is -0.684. The third kappa shape index (κ3) is 6.69. The van der Waals surface area contributed by atoms with E-state index in [-0.39, 0.29) is 34.7 Å². The van der Waals surface area contributed by atoms with Crippen molar-refractivity contribution >= 4 is 29.4 Å². The van der Waals surface area contributed by atoms with Crippen molar-refractivity contribution < 1.29 is 27.5 Å². The van der Waals surface area contributed by atoms with Crippen LogP contribution in [0.15, 0.2) is 30.6 Å². The standard InChI is InChI=1S/C26H31ClF3N7O3/c1-25(2,3)40-24(39)35-7-4-5-19(6-8-35)37-22(31)20(23(32)38)21(34-37)16-12-33-36(14-16)13-15-9-17(26(28,29)30)11-18(27)10-15/h9-12,14,19H,4-8,13,31H2,1-3H3,(H2,32,38)/t19-/m0/s1. The Bertz CT molecular complexity index is 1410. The number of ether oxygens (including phenoxy) is 1. The summed E-state index contributed by atoms with van der Waals surface area (Å²) in [5, 5.41) is 8.79. The van der Waals surface area contributed by atoms with Gasteiger partial charge in [0.2, 0.25) is 0 Å². The molecule has 0 saturated carbocycles. The molecule has 0 radical (unpaired) electrons. The van der Waals surface area contributed by atoms with E-state index in [1.807, 2.05) is 0 Å². The van der Waals surface area contributed by atoms with Crippen LogP contribution >= 0.6 is 11.6 Å². The van der Waals surface area contributed by atoms with Gasteiger partial charge in [-0.3, -0.25) is 9.48 Å². The van der Waals surface area contributed by atoms with Gasteiger partial charge in [-0.15, -0.1) is 0 Å². The van der Waals surface area contributed by atoms with Crippen LogP contribution in [0.3, 0.4) is 0 Å². The third-order valence-corrected chi connectivity index (χ3v) is 6.64. The molecule has 0 aliphatic carbocycles. The number of carbonyl (C=O) groups is 2. The molecule has 1 saturated heterocycles. The van der Waals surface area contributed by atoms with Crippen molar-refractivity contribution in [1.29, 1.82) is 0 Å². The predicted octanol–water partition coefficient (Wildman–Crippen LogP) is 5.11. The first kappa shape index (κ1) is 29.2. The van der Waals surface area contributed by atoms with Crippen molar-refractivity contribution in [3.63, 3.8) is 0 Å². The maximum Gasteiger partial charge on any atom is 0.416 e. The van der Waals surface area contributed by atoms with Gasteiger partial charge >= 0.3 is 12.3 Å².